The van der Waals surface area contributed by atoms with E-state index in [1.165, 1.54) is 0 Å². The summed E-state index contributed by atoms with van der Waals surface area (Å²) < 4.78 is 38.1. The van der Waals surface area contributed by atoms with Crippen molar-refractivity contribution >= 4 is 0 Å². The highest BCUT2D eigenvalue weighted by molar-refractivity contribution is 5.20. The molecule has 0 bridgehead atoms. The molecule has 0 aliphatic rings. The van der Waals surface area contributed by atoms with Gasteiger partial charge in [-0.2, -0.15) is 23.5 Å². The molecule has 0 radical (unpaired) electrons. The van der Waals surface area contributed by atoms with Crippen molar-refractivity contribution in [3.05, 3.63) is 17.5 Å². The van der Waals surface area contributed by atoms with E-state index < -0.39 is 11.9 Å². The standard InChI is InChI=1S/C8H8F3N3O/c9-8(10,11)7-6(1-4-15)5-14(13-7)3-2-12/h5,15H,1,3-4H2. The fourth-order valence-electron chi connectivity index (χ4n) is 1.16. The van der Waals surface area contributed by atoms with Gasteiger partial charge >= 0.3 is 6.18 Å². The summed E-state index contributed by atoms with van der Waals surface area (Å²) in [6.07, 6.45) is -3.55. The van der Waals surface area contributed by atoms with E-state index in [4.69, 9.17) is 10.4 Å². The number of aliphatic hydroxyl groups excluding tert-OH is 1. The Hall–Kier alpha value is -1.55. The Morgan fingerprint density at radius 2 is 2.20 bits per heavy atom. The Kier molecular flexibility index (Phi) is 3.31. The van der Waals surface area contributed by atoms with Crippen LogP contribution in [0, 0.1) is 11.3 Å². The van der Waals surface area contributed by atoms with Crippen LogP contribution >= 0.6 is 0 Å². The summed E-state index contributed by atoms with van der Waals surface area (Å²) in [4.78, 5) is 0. The Bertz CT molecular complexity index is 377. The molecule has 0 saturated carbocycles. The molecule has 0 spiro atoms. The summed E-state index contributed by atoms with van der Waals surface area (Å²) in [6.45, 7) is -0.629. The zero-order chi connectivity index (χ0) is 11.5. The second-order valence-corrected chi connectivity index (χ2v) is 2.83. The van der Waals surface area contributed by atoms with Gasteiger partial charge in [0.15, 0.2) is 5.69 Å². The van der Waals surface area contributed by atoms with Gasteiger partial charge in [-0.1, -0.05) is 0 Å². The first-order valence-corrected chi connectivity index (χ1v) is 4.10. The lowest BCUT2D eigenvalue weighted by molar-refractivity contribution is -0.142. The Morgan fingerprint density at radius 1 is 1.53 bits per heavy atom. The predicted molar refractivity (Wildman–Crippen MR) is 43.6 cm³/mol. The predicted octanol–water partition coefficient (Wildman–Crippen LogP) is 0.960. The number of alkyl halides is 3. The topological polar surface area (TPSA) is 61.8 Å². The molecule has 0 amide bonds. The van der Waals surface area contributed by atoms with Gasteiger partial charge < -0.3 is 5.11 Å². The van der Waals surface area contributed by atoms with Crippen LogP contribution in [-0.4, -0.2) is 21.5 Å². The molecule has 1 N–H and O–H groups in total. The normalized spacial score (nSPS) is 11.4. The van der Waals surface area contributed by atoms with Crippen LogP contribution < -0.4 is 0 Å². The summed E-state index contributed by atoms with van der Waals surface area (Å²) in [6, 6.07) is 1.69. The molecule has 15 heavy (non-hydrogen) atoms. The number of hydrogen-bond donors (Lipinski definition) is 1. The van der Waals surface area contributed by atoms with Gasteiger partial charge in [0.25, 0.3) is 0 Å². The first-order chi connectivity index (χ1) is 6.99. The highest BCUT2D eigenvalue weighted by Gasteiger charge is 2.36. The highest BCUT2D eigenvalue weighted by atomic mass is 19.4. The maximum absolute atomic E-state index is 12.4. The lowest BCUT2D eigenvalue weighted by Gasteiger charge is -2.04. The van der Waals surface area contributed by atoms with E-state index in [1.807, 2.05) is 0 Å². The number of rotatable bonds is 3. The molecule has 1 rings (SSSR count). The second kappa shape index (κ2) is 4.31. The molecule has 0 unspecified atom stereocenters. The number of aliphatic hydroxyl groups is 1. The number of aromatic nitrogens is 2. The monoisotopic (exact) mass is 219 g/mol. The fraction of sp³-hybridized carbons (Fsp3) is 0.500. The van der Waals surface area contributed by atoms with Crippen molar-refractivity contribution in [1.29, 1.82) is 5.26 Å². The molecular weight excluding hydrogens is 211 g/mol. The largest absolute Gasteiger partial charge is 0.435 e. The van der Waals surface area contributed by atoms with Crippen molar-refractivity contribution in [2.45, 2.75) is 19.1 Å². The molecule has 0 aliphatic heterocycles. The summed E-state index contributed by atoms with van der Waals surface area (Å²) in [5.74, 6) is 0. The van der Waals surface area contributed by atoms with Gasteiger partial charge in [-0.25, -0.2) is 0 Å². The molecule has 0 atom stereocenters. The van der Waals surface area contributed by atoms with Crippen molar-refractivity contribution in [3.8, 4) is 6.07 Å². The minimum absolute atomic E-state index is 0.0970. The van der Waals surface area contributed by atoms with Crippen LogP contribution in [0.5, 0.6) is 0 Å². The quantitative estimate of drug-likeness (QED) is 0.823. The van der Waals surface area contributed by atoms with Crippen LogP contribution in [0.4, 0.5) is 13.2 Å². The van der Waals surface area contributed by atoms with Crippen molar-refractivity contribution in [1.82, 2.24) is 9.78 Å². The average Bonchev–Trinajstić information content (AvgIpc) is 2.49. The third-order valence-electron chi connectivity index (χ3n) is 1.72. The van der Waals surface area contributed by atoms with Crippen molar-refractivity contribution < 1.29 is 18.3 Å². The molecule has 0 aliphatic carbocycles. The molecule has 0 fully saturated rings. The maximum atomic E-state index is 12.4. The maximum Gasteiger partial charge on any atom is 0.435 e. The van der Waals surface area contributed by atoms with E-state index in [1.54, 1.807) is 6.07 Å². The summed E-state index contributed by atoms with van der Waals surface area (Å²) >= 11 is 0. The van der Waals surface area contributed by atoms with E-state index in [9.17, 15) is 13.2 Å². The zero-order valence-electron chi connectivity index (χ0n) is 7.62. The van der Waals surface area contributed by atoms with Crippen LogP contribution in [0.15, 0.2) is 6.20 Å². The average molecular weight is 219 g/mol. The molecule has 0 aromatic carbocycles. The molecule has 1 heterocycles. The van der Waals surface area contributed by atoms with E-state index in [-0.39, 0.29) is 25.1 Å². The highest BCUT2D eigenvalue weighted by Crippen LogP contribution is 2.30. The molecule has 7 heteroatoms. The molecule has 1 aromatic heterocycles. The van der Waals surface area contributed by atoms with Gasteiger partial charge in [-0.3, -0.25) is 4.68 Å². The Morgan fingerprint density at radius 3 is 2.67 bits per heavy atom. The van der Waals surface area contributed by atoms with Crippen LogP contribution in [-0.2, 0) is 19.1 Å². The molecule has 1 aromatic rings. The van der Waals surface area contributed by atoms with Crippen LogP contribution in [0.25, 0.3) is 0 Å². The lowest BCUT2D eigenvalue weighted by Crippen LogP contribution is -2.10. The Labute approximate surface area is 83.5 Å². The van der Waals surface area contributed by atoms with E-state index in [0.717, 1.165) is 10.9 Å². The third kappa shape index (κ3) is 2.70. The van der Waals surface area contributed by atoms with Crippen molar-refractivity contribution in [3.63, 3.8) is 0 Å². The minimum atomic E-state index is -4.55. The SMILES string of the molecule is N#CCn1cc(CCO)c(C(F)(F)F)n1. The summed E-state index contributed by atoms with van der Waals surface area (Å²) in [7, 11) is 0. The number of nitriles is 1. The van der Waals surface area contributed by atoms with Gasteiger partial charge in [0.05, 0.1) is 6.07 Å². The van der Waals surface area contributed by atoms with Crippen LogP contribution in [0.2, 0.25) is 0 Å². The van der Waals surface area contributed by atoms with E-state index in [2.05, 4.69) is 5.10 Å². The molecule has 4 nitrogen and oxygen atoms in total. The smallest absolute Gasteiger partial charge is 0.396 e. The molecular formula is C8H8F3N3O. The van der Waals surface area contributed by atoms with E-state index >= 15 is 0 Å². The second-order valence-electron chi connectivity index (χ2n) is 2.83. The molecule has 0 saturated heterocycles. The van der Waals surface area contributed by atoms with Crippen molar-refractivity contribution in [2.75, 3.05) is 6.61 Å². The number of nitrogens with zero attached hydrogens (tertiary/aromatic N) is 3. The molecule has 82 valence electrons. The van der Waals surface area contributed by atoms with Gasteiger partial charge in [-0.05, 0) is 6.42 Å². The lowest BCUT2D eigenvalue weighted by atomic mass is 10.2. The van der Waals surface area contributed by atoms with Crippen LogP contribution in [0.1, 0.15) is 11.3 Å². The number of halogens is 3. The van der Waals surface area contributed by atoms with Gasteiger partial charge in [0.2, 0.25) is 0 Å². The van der Waals surface area contributed by atoms with Crippen LogP contribution in [0.3, 0.4) is 0 Å². The fourth-order valence-corrected chi connectivity index (χ4v) is 1.16. The Balaban J connectivity index is 3.07. The van der Waals surface area contributed by atoms with Crippen molar-refractivity contribution in [2.24, 2.45) is 0 Å². The summed E-state index contributed by atoms with van der Waals surface area (Å²) in [5, 5.41) is 20.1. The van der Waals surface area contributed by atoms with Gasteiger partial charge in [0.1, 0.15) is 6.54 Å². The summed E-state index contributed by atoms with van der Waals surface area (Å²) in [5.41, 5.74) is -1.13. The first kappa shape index (κ1) is 11.5. The minimum Gasteiger partial charge on any atom is -0.396 e. The third-order valence-corrected chi connectivity index (χ3v) is 1.72. The zero-order valence-corrected chi connectivity index (χ0v) is 7.62. The van der Waals surface area contributed by atoms with Gasteiger partial charge in [-0.15, -0.1) is 0 Å². The van der Waals surface area contributed by atoms with E-state index in [0.29, 0.717) is 0 Å². The first-order valence-electron chi connectivity index (χ1n) is 4.10. The van der Waals surface area contributed by atoms with Gasteiger partial charge in [0, 0.05) is 18.4 Å². The number of hydrogen-bond acceptors (Lipinski definition) is 3.